The highest BCUT2D eigenvalue weighted by atomic mass is 16.4. The third kappa shape index (κ3) is 1.97. The largest absolute Gasteiger partial charge is 0.481 e. The Morgan fingerprint density at radius 3 is 2.67 bits per heavy atom. The van der Waals surface area contributed by atoms with Gasteiger partial charge in [-0.2, -0.15) is 0 Å². The zero-order valence-corrected chi connectivity index (χ0v) is 7.36. The molecule has 1 fully saturated rings. The summed E-state index contributed by atoms with van der Waals surface area (Å²) in [5.74, 6) is 0.149. The van der Waals surface area contributed by atoms with Crippen LogP contribution in [0.15, 0.2) is 0 Å². The van der Waals surface area contributed by atoms with E-state index < -0.39 is 5.97 Å². The summed E-state index contributed by atoms with van der Waals surface area (Å²) in [5, 5.41) is 17.6. The van der Waals surface area contributed by atoms with Gasteiger partial charge in [-0.3, -0.25) is 4.79 Å². The van der Waals surface area contributed by atoms with Crippen molar-refractivity contribution < 1.29 is 15.0 Å². The fourth-order valence-corrected chi connectivity index (χ4v) is 2.18. The van der Waals surface area contributed by atoms with Crippen molar-refractivity contribution in [2.24, 2.45) is 17.8 Å². The van der Waals surface area contributed by atoms with Gasteiger partial charge in [0.25, 0.3) is 0 Å². The second-order valence-corrected chi connectivity index (χ2v) is 3.76. The molecule has 0 bridgehead atoms. The van der Waals surface area contributed by atoms with Crippen LogP contribution in [0.25, 0.3) is 0 Å². The standard InChI is InChI=1S/C9H16O3/c1-6-2-3-7(4-9(11)12)8(6)5-10/h6-8,10H,2-5H2,1H3,(H,11,12). The quantitative estimate of drug-likeness (QED) is 0.670. The molecule has 0 saturated heterocycles. The molecule has 0 radical (unpaired) electrons. The number of aliphatic carboxylic acids is 1. The smallest absolute Gasteiger partial charge is 0.303 e. The number of aliphatic hydroxyl groups is 1. The molecule has 12 heavy (non-hydrogen) atoms. The van der Waals surface area contributed by atoms with Gasteiger partial charge in [-0.25, -0.2) is 0 Å². The van der Waals surface area contributed by atoms with Crippen LogP contribution in [-0.2, 0) is 4.79 Å². The van der Waals surface area contributed by atoms with Crippen LogP contribution in [0.3, 0.4) is 0 Å². The van der Waals surface area contributed by atoms with Crippen LogP contribution in [0.2, 0.25) is 0 Å². The number of aliphatic hydroxyl groups excluding tert-OH is 1. The molecule has 3 atom stereocenters. The first-order valence-electron chi connectivity index (χ1n) is 4.47. The van der Waals surface area contributed by atoms with Crippen molar-refractivity contribution in [2.45, 2.75) is 26.2 Å². The minimum Gasteiger partial charge on any atom is -0.481 e. The van der Waals surface area contributed by atoms with Crippen LogP contribution < -0.4 is 0 Å². The number of hydrogen-bond acceptors (Lipinski definition) is 2. The van der Waals surface area contributed by atoms with Crippen molar-refractivity contribution in [3.63, 3.8) is 0 Å². The molecule has 0 amide bonds. The molecule has 0 aromatic heterocycles. The molecule has 1 aliphatic carbocycles. The molecular formula is C9H16O3. The van der Waals surface area contributed by atoms with E-state index in [0.717, 1.165) is 12.8 Å². The van der Waals surface area contributed by atoms with E-state index in [2.05, 4.69) is 6.92 Å². The van der Waals surface area contributed by atoms with E-state index in [4.69, 9.17) is 10.2 Å². The summed E-state index contributed by atoms with van der Waals surface area (Å²) >= 11 is 0. The normalized spacial score (nSPS) is 35.3. The van der Waals surface area contributed by atoms with Gasteiger partial charge in [-0.05, 0) is 24.2 Å². The lowest BCUT2D eigenvalue weighted by molar-refractivity contribution is -0.138. The molecule has 2 N–H and O–H groups in total. The molecule has 0 spiro atoms. The van der Waals surface area contributed by atoms with E-state index >= 15 is 0 Å². The van der Waals surface area contributed by atoms with Gasteiger partial charge < -0.3 is 10.2 Å². The first-order chi connectivity index (χ1) is 5.65. The zero-order valence-electron chi connectivity index (χ0n) is 7.36. The molecule has 1 rings (SSSR count). The van der Waals surface area contributed by atoms with Crippen molar-refractivity contribution in [2.75, 3.05) is 6.61 Å². The van der Waals surface area contributed by atoms with Crippen molar-refractivity contribution in [3.8, 4) is 0 Å². The Bertz CT molecular complexity index is 167. The van der Waals surface area contributed by atoms with Crippen LogP contribution in [0, 0.1) is 17.8 Å². The van der Waals surface area contributed by atoms with E-state index in [1.807, 2.05) is 0 Å². The maximum absolute atomic E-state index is 10.4. The Morgan fingerprint density at radius 2 is 2.17 bits per heavy atom. The predicted molar refractivity (Wildman–Crippen MR) is 44.7 cm³/mol. The molecule has 1 aliphatic rings. The van der Waals surface area contributed by atoms with Crippen LogP contribution in [0.1, 0.15) is 26.2 Å². The number of carboxylic acids is 1. The number of carboxylic acid groups (broad SMARTS) is 1. The lowest BCUT2D eigenvalue weighted by atomic mass is 9.89. The molecule has 3 unspecified atom stereocenters. The Balaban J connectivity index is 2.48. The summed E-state index contributed by atoms with van der Waals surface area (Å²) in [5.41, 5.74) is 0. The molecule has 3 heteroatoms. The zero-order chi connectivity index (χ0) is 9.14. The lowest BCUT2D eigenvalue weighted by Gasteiger charge is -2.18. The average molecular weight is 172 g/mol. The minimum atomic E-state index is -0.743. The van der Waals surface area contributed by atoms with Gasteiger partial charge in [0.1, 0.15) is 0 Å². The van der Waals surface area contributed by atoms with Gasteiger partial charge in [0.2, 0.25) is 0 Å². The Kier molecular flexibility index (Phi) is 3.09. The highest BCUT2D eigenvalue weighted by Gasteiger charge is 2.33. The predicted octanol–water partition coefficient (Wildman–Crippen LogP) is 1.12. The summed E-state index contributed by atoms with van der Waals surface area (Å²) < 4.78 is 0. The third-order valence-electron chi connectivity index (χ3n) is 2.98. The second kappa shape index (κ2) is 3.90. The Hall–Kier alpha value is -0.570. The van der Waals surface area contributed by atoms with Gasteiger partial charge in [0.15, 0.2) is 0 Å². The van der Waals surface area contributed by atoms with E-state index in [-0.39, 0.29) is 24.9 Å². The Morgan fingerprint density at radius 1 is 1.50 bits per heavy atom. The van der Waals surface area contributed by atoms with Crippen molar-refractivity contribution >= 4 is 5.97 Å². The van der Waals surface area contributed by atoms with E-state index in [1.54, 1.807) is 0 Å². The monoisotopic (exact) mass is 172 g/mol. The van der Waals surface area contributed by atoms with E-state index in [1.165, 1.54) is 0 Å². The molecule has 0 heterocycles. The van der Waals surface area contributed by atoms with Crippen molar-refractivity contribution in [1.82, 2.24) is 0 Å². The van der Waals surface area contributed by atoms with Gasteiger partial charge >= 0.3 is 5.97 Å². The van der Waals surface area contributed by atoms with Gasteiger partial charge in [-0.15, -0.1) is 0 Å². The number of hydrogen-bond donors (Lipinski definition) is 2. The summed E-state index contributed by atoms with van der Waals surface area (Å²) in [7, 11) is 0. The fraction of sp³-hybridized carbons (Fsp3) is 0.889. The van der Waals surface area contributed by atoms with Gasteiger partial charge in [0.05, 0.1) is 0 Å². The van der Waals surface area contributed by atoms with E-state index in [9.17, 15) is 4.79 Å². The lowest BCUT2D eigenvalue weighted by Crippen LogP contribution is -2.19. The van der Waals surface area contributed by atoms with Crippen molar-refractivity contribution in [1.29, 1.82) is 0 Å². The van der Waals surface area contributed by atoms with Crippen LogP contribution in [0.4, 0.5) is 0 Å². The summed E-state index contributed by atoms with van der Waals surface area (Å²) in [4.78, 5) is 10.4. The number of carbonyl (C=O) groups is 1. The molecule has 70 valence electrons. The van der Waals surface area contributed by atoms with E-state index in [0.29, 0.717) is 5.92 Å². The molecule has 0 aromatic rings. The molecule has 0 aliphatic heterocycles. The van der Waals surface area contributed by atoms with Crippen LogP contribution in [-0.4, -0.2) is 22.8 Å². The van der Waals surface area contributed by atoms with Gasteiger partial charge in [0, 0.05) is 13.0 Å². The topological polar surface area (TPSA) is 57.5 Å². The molecular weight excluding hydrogens is 156 g/mol. The summed E-state index contributed by atoms with van der Waals surface area (Å²) in [6.07, 6.45) is 2.23. The first kappa shape index (κ1) is 9.52. The second-order valence-electron chi connectivity index (χ2n) is 3.76. The van der Waals surface area contributed by atoms with Gasteiger partial charge in [-0.1, -0.05) is 13.3 Å². The maximum atomic E-state index is 10.4. The average Bonchev–Trinajstić information content (AvgIpc) is 2.30. The molecule has 1 saturated carbocycles. The molecule has 3 nitrogen and oxygen atoms in total. The van der Waals surface area contributed by atoms with Crippen LogP contribution in [0.5, 0.6) is 0 Å². The highest BCUT2D eigenvalue weighted by molar-refractivity contribution is 5.67. The Labute approximate surface area is 72.4 Å². The molecule has 0 aromatic carbocycles. The maximum Gasteiger partial charge on any atom is 0.303 e. The minimum absolute atomic E-state index is 0.138. The highest BCUT2D eigenvalue weighted by Crippen LogP contribution is 2.38. The summed E-state index contributed by atoms with van der Waals surface area (Å²) in [6.45, 7) is 2.22. The summed E-state index contributed by atoms with van der Waals surface area (Å²) in [6, 6.07) is 0. The number of rotatable bonds is 3. The van der Waals surface area contributed by atoms with Crippen molar-refractivity contribution in [3.05, 3.63) is 0 Å². The first-order valence-corrected chi connectivity index (χ1v) is 4.47. The fourth-order valence-electron chi connectivity index (χ4n) is 2.18. The van der Waals surface area contributed by atoms with Crippen LogP contribution >= 0.6 is 0 Å². The SMILES string of the molecule is CC1CCC(CC(=O)O)C1CO. The third-order valence-corrected chi connectivity index (χ3v) is 2.98.